The van der Waals surface area contributed by atoms with Gasteiger partial charge in [-0.25, -0.2) is 9.48 Å². The van der Waals surface area contributed by atoms with E-state index in [-0.39, 0.29) is 21.8 Å². The van der Waals surface area contributed by atoms with Gasteiger partial charge in [0.1, 0.15) is 10.6 Å². The van der Waals surface area contributed by atoms with Crippen LogP contribution < -0.4 is 10.9 Å². The molecule has 0 aromatic carbocycles. The van der Waals surface area contributed by atoms with Crippen LogP contribution in [0.3, 0.4) is 0 Å². The number of amides is 1. The lowest BCUT2D eigenvalue weighted by atomic mass is 10.3. The molecule has 0 unspecified atom stereocenters. The standard InChI is InChI=1S/C11H9N3O4S/c1-14-8(15)3-2-7(13-14)10(16)12-6-4-5-19-9(6)11(17)18/h2-5H,1H3,(H,12,16)(H,17,18). The molecule has 2 rings (SSSR count). The molecule has 0 fully saturated rings. The molecule has 2 N–H and O–H groups in total. The molecule has 8 heteroatoms. The van der Waals surface area contributed by atoms with Crippen LogP contribution in [0.5, 0.6) is 0 Å². The number of carboxylic acids is 1. The Morgan fingerprint density at radius 2 is 2.11 bits per heavy atom. The average Bonchev–Trinajstić information content (AvgIpc) is 2.80. The van der Waals surface area contributed by atoms with Gasteiger partial charge in [0.25, 0.3) is 11.5 Å². The predicted octanol–water partition coefficient (Wildman–Crippen LogP) is 0.792. The lowest BCUT2D eigenvalue weighted by molar-refractivity contribution is 0.0703. The third-order valence-corrected chi connectivity index (χ3v) is 3.20. The molecule has 98 valence electrons. The zero-order valence-electron chi connectivity index (χ0n) is 9.78. The number of carbonyl (C=O) groups is 2. The number of anilines is 1. The van der Waals surface area contributed by atoms with E-state index in [9.17, 15) is 14.4 Å². The van der Waals surface area contributed by atoms with Crippen molar-refractivity contribution in [3.63, 3.8) is 0 Å². The summed E-state index contributed by atoms with van der Waals surface area (Å²) in [5.41, 5.74) is -0.0962. The van der Waals surface area contributed by atoms with Crippen molar-refractivity contribution in [3.05, 3.63) is 44.5 Å². The summed E-state index contributed by atoms with van der Waals surface area (Å²) in [4.78, 5) is 34.0. The monoisotopic (exact) mass is 279 g/mol. The largest absolute Gasteiger partial charge is 0.477 e. The van der Waals surface area contributed by atoms with Crippen LogP contribution in [0.1, 0.15) is 20.2 Å². The van der Waals surface area contributed by atoms with Gasteiger partial charge in [-0.1, -0.05) is 0 Å². The van der Waals surface area contributed by atoms with Crippen LogP contribution >= 0.6 is 11.3 Å². The van der Waals surface area contributed by atoms with Gasteiger partial charge < -0.3 is 10.4 Å². The van der Waals surface area contributed by atoms with Crippen LogP contribution in [0.15, 0.2) is 28.4 Å². The number of aromatic carboxylic acids is 1. The quantitative estimate of drug-likeness (QED) is 0.865. The Hall–Kier alpha value is -2.48. The molecule has 2 aromatic heterocycles. The molecule has 1 amide bonds. The minimum absolute atomic E-state index is 0.0321. The van der Waals surface area contributed by atoms with Crippen molar-refractivity contribution >= 4 is 28.9 Å². The van der Waals surface area contributed by atoms with Crippen molar-refractivity contribution in [3.8, 4) is 0 Å². The maximum Gasteiger partial charge on any atom is 0.348 e. The first-order valence-electron chi connectivity index (χ1n) is 5.15. The molecule has 0 saturated carbocycles. The van der Waals surface area contributed by atoms with Crippen molar-refractivity contribution < 1.29 is 14.7 Å². The van der Waals surface area contributed by atoms with Gasteiger partial charge >= 0.3 is 5.97 Å². The van der Waals surface area contributed by atoms with Crippen molar-refractivity contribution in [1.82, 2.24) is 9.78 Å². The topological polar surface area (TPSA) is 101 Å². The van der Waals surface area contributed by atoms with Crippen LogP contribution in [0.4, 0.5) is 5.69 Å². The van der Waals surface area contributed by atoms with Crippen LogP contribution in [0, 0.1) is 0 Å². The fraction of sp³-hybridized carbons (Fsp3) is 0.0909. The Kier molecular flexibility index (Phi) is 3.43. The number of aromatic nitrogens is 2. The van der Waals surface area contributed by atoms with Gasteiger partial charge in [0, 0.05) is 13.1 Å². The zero-order valence-corrected chi connectivity index (χ0v) is 10.6. The van der Waals surface area contributed by atoms with Crippen LogP contribution in [-0.2, 0) is 7.05 Å². The number of aryl methyl sites for hydroxylation is 1. The minimum Gasteiger partial charge on any atom is -0.477 e. The summed E-state index contributed by atoms with van der Waals surface area (Å²) in [6, 6.07) is 3.99. The van der Waals surface area contributed by atoms with E-state index in [0.29, 0.717) is 0 Å². The van der Waals surface area contributed by atoms with E-state index < -0.39 is 11.9 Å². The first-order valence-corrected chi connectivity index (χ1v) is 6.03. The van der Waals surface area contributed by atoms with Crippen LogP contribution in [-0.4, -0.2) is 26.8 Å². The summed E-state index contributed by atoms with van der Waals surface area (Å²) >= 11 is 1.01. The number of rotatable bonds is 3. The number of nitrogens with one attached hydrogen (secondary N) is 1. The summed E-state index contributed by atoms with van der Waals surface area (Å²) in [6.45, 7) is 0. The summed E-state index contributed by atoms with van der Waals surface area (Å²) in [5.74, 6) is -1.68. The first-order chi connectivity index (χ1) is 8.99. The van der Waals surface area contributed by atoms with Crippen LogP contribution in [0.25, 0.3) is 0 Å². The van der Waals surface area contributed by atoms with E-state index in [2.05, 4.69) is 10.4 Å². The number of nitrogens with zero attached hydrogens (tertiary/aromatic N) is 2. The average molecular weight is 279 g/mol. The van der Waals surface area contributed by atoms with E-state index >= 15 is 0 Å². The first kappa shape index (κ1) is 13.0. The molecule has 0 aliphatic rings. The smallest absolute Gasteiger partial charge is 0.348 e. The predicted molar refractivity (Wildman–Crippen MR) is 68.7 cm³/mol. The van der Waals surface area contributed by atoms with Crippen molar-refractivity contribution in [2.75, 3.05) is 5.32 Å². The molecular formula is C11H9N3O4S. The number of hydrogen-bond acceptors (Lipinski definition) is 5. The van der Waals surface area contributed by atoms with Gasteiger partial charge in [-0.2, -0.15) is 5.10 Å². The second kappa shape index (κ2) is 5.02. The lowest BCUT2D eigenvalue weighted by Gasteiger charge is -2.04. The Morgan fingerprint density at radius 3 is 2.74 bits per heavy atom. The maximum atomic E-state index is 11.9. The summed E-state index contributed by atoms with van der Waals surface area (Å²) in [6.07, 6.45) is 0. The van der Waals surface area contributed by atoms with Gasteiger partial charge in [0.15, 0.2) is 0 Å². The summed E-state index contributed by atoms with van der Waals surface area (Å²) in [7, 11) is 1.42. The molecule has 19 heavy (non-hydrogen) atoms. The van der Waals surface area contributed by atoms with E-state index in [4.69, 9.17) is 5.11 Å². The molecule has 7 nitrogen and oxygen atoms in total. The highest BCUT2D eigenvalue weighted by molar-refractivity contribution is 7.12. The van der Waals surface area contributed by atoms with E-state index in [0.717, 1.165) is 16.0 Å². The second-order valence-electron chi connectivity index (χ2n) is 3.60. The van der Waals surface area contributed by atoms with Crippen LogP contribution in [0.2, 0.25) is 0 Å². The number of hydrogen-bond donors (Lipinski definition) is 2. The zero-order chi connectivity index (χ0) is 14.0. The lowest BCUT2D eigenvalue weighted by Crippen LogP contribution is -2.23. The Bertz CT molecular complexity index is 704. The normalized spacial score (nSPS) is 10.2. The third-order valence-electron chi connectivity index (χ3n) is 2.30. The number of carbonyl (C=O) groups excluding carboxylic acids is 1. The Labute approximate surface area is 111 Å². The molecule has 2 heterocycles. The molecule has 0 saturated heterocycles. The van der Waals surface area contributed by atoms with Gasteiger partial charge in [0.2, 0.25) is 0 Å². The minimum atomic E-state index is -1.11. The maximum absolute atomic E-state index is 11.9. The molecule has 0 radical (unpaired) electrons. The van der Waals surface area contributed by atoms with Gasteiger partial charge in [0.05, 0.1) is 5.69 Å². The summed E-state index contributed by atoms with van der Waals surface area (Å²) < 4.78 is 1.03. The molecule has 0 spiro atoms. The molecule has 0 aliphatic carbocycles. The van der Waals surface area contributed by atoms with E-state index in [1.54, 1.807) is 5.38 Å². The van der Waals surface area contributed by atoms with Gasteiger partial charge in [-0.05, 0) is 17.5 Å². The number of thiophene rings is 1. The van der Waals surface area contributed by atoms with Crippen molar-refractivity contribution in [2.24, 2.45) is 7.05 Å². The highest BCUT2D eigenvalue weighted by Gasteiger charge is 2.16. The molecular weight excluding hydrogens is 270 g/mol. The Morgan fingerprint density at radius 1 is 1.37 bits per heavy atom. The van der Waals surface area contributed by atoms with Crippen molar-refractivity contribution in [2.45, 2.75) is 0 Å². The molecule has 0 aliphatic heterocycles. The molecule has 0 atom stereocenters. The van der Waals surface area contributed by atoms with Gasteiger partial charge in [-0.3, -0.25) is 9.59 Å². The second-order valence-corrected chi connectivity index (χ2v) is 4.52. The highest BCUT2D eigenvalue weighted by atomic mass is 32.1. The molecule has 0 bridgehead atoms. The third kappa shape index (κ3) is 2.68. The molecule has 2 aromatic rings. The van der Waals surface area contributed by atoms with Crippen molar-refractivity contribution in [1.29, 1.82) is 0 Å². The fourth-order valence-corrected chi connectivity index (χ4v) is 2.07. The fourth-order valence-electron chi connectivity index (χ4n) is 1.38. The number of carboxylic acid groups (broad SMARTS) is 1. The SMILES string of the molecule is Cn1nc(C(=O)Nc2ccsc2C(=O)O)ccc1=O. The highest BCUT2D eigenvalue weighted by Crippen LogP contribution is 2.22. The van der Waals surface area contributed by atoms with Gasteiger partial charge in [-0.15, -0.1) is 11.3 Å². The van der Waals surface area contributed by atoms with E-state index in [1.807, 2.05) is 0 Å². The Balaban J connectivity index is 2.25. The summed E-state index contributed by atoms with van der Waals surface area (Å²) in [5, 5.41) is 16.7. The van der Waals surface area contributed by atoms with E-state index in [1.165, 1.54) is 25.2 Å².